The van der Waals surface area contributed by atoms with Gasteiger partial charge < -0.3 is 19.4 Å². The van der Waals surface area contributed by atoms with Gasteiger partial charge in [0.05, 0.1) is 24.5 Å². The number of ether oxygens (including phenoxy) is 2. The molecule has 34 heavy (non-hydrogen) atoms. The van der Waals surface area contributed by atoms with Crippen molar-refractivity contribution in [1.82, 2.24) is 9.88 Å². The fourth-order valence-electron chi connectivity index (χ4n) is 4.37. The summed E-state index contributed by atoms with van der Waals surface area (Å²) in [5.41, 5.74) is 4.52. The number of carbonyl (C=O) groups is 2. The van der Waals surface area contributed by atoms with Crippen LogP contribution < -0.4 is 14.8 Å². The predicted molar refractivity (Wildman–Crippen MR) is 136 cm³/mol. The Morgan fingerprint density at radius 2 is 2.03 bits per heavy atom. The number of aromatic nitrogens is 1. The van der Waals surface area contributed by atoms with Crippen LogP contribution in [0, 0.1) is 5.41 Å². The molecule has 1 aromatic carbocycles. The maximum Gasteiger partial charge on any atom is 0.268 e. The molecule has 0 saturated carbocycles. The fourth-order valence-corrected chi connectivity index (χ4v) is 5.15. The third-order valence-corrected chi connectivity index (χ3v) is 6.68. The van der Waals surface area contributed by atoms with E-state index in [2.05, 4.69) is 26.1 Å². The number of carbonyl (C=O) groups excluding carboxylic acids is 2. The molecule has 0 spiro atoms. The van der Waals surface area contributed by atoms with E-state index in [0.29, 0.717) is 35.8 Å². The van der Waals surface area contributed by atoms with Gasteiger partial charge in [0.2, 0.25) is 0 Å². The van der Waals surface area contributed by atoms with Crippen LogP contribution in [0.4, 0.5) is 0 Å². The topological polar surface area (TPSA) is 69.6 Å². The SMILES string of the molecule is COc1cc2c(cc1OC(C)C)-c1c(-c3cccs3)c(C=O)c(C(=O)NCC(C)(C)C)n1CC2. The minimum atomic E-state index is -0.225. The summed E-state index contributed by atoms with van der Waals surface area (Å²) in [4.78, 5) is 26.8. The van der Waals surface area contributed by atoms with Crippen LogP contribution in [-0.2, 0) is 13.0 Å². The molecule has 0 atom stereocenters. The van der Waals surface area contributed by atoms with Crippen LogP contribution in [-0.4, -0.2) is 36.5 Å². The molecule has 0 radical (unpaired) electrons. The first-order chi connectivity index (χ1) is 16.1. The summed E-state index contributed by atoms with van der Waals surface area (Å²) >= 11 is 1.56. The highest BCUT2D eigenvalue weighted by Gasteiger charge is 2.33. The number of nitrogens with zero attached hydrogens (tertiary/aromatic N) is 1. The first kappa shape index (κ1) is 24.1. The van der Waals surface area contributed by atoms with Crippen molar-refractivity contribution in [2.45, 2.75) is 53.7 Å². The van der Waals surface area contributed by atoms with Gasteiger partial charge in [-0.05, 0) is 54.8 Å². The smallest absolute Gasteiger partial charge is 0.268 e. The van der Waals surface area contributed by atoms with E-state index in [-0.39, 0.29) is 17.4 Å². The molecule has 7 heteroatoms. The molecule has 1 amide bonds. The second-order valence-electron chi connectivity index (χ2n) is 10.1. The van der Waals surface area contributed by atoms with E-state index in [1.165, 1.54) is 0 Å². The quantitative estimate of drug-likeness (QED) is 0.432. The summed E-state index contributed by atoms with van der Waals surface area (Å²) < 4.78 is 13.7. The number of aryl methyl sites for hydroxylation is 1. The molecule has 0 bridgehead atoms. The molecule has 0 saturated heterocycles. The summed E-state index contributed by atoms with van der Waals surface area (Å²) in [6.45, 7) is 11.3. The summed E-state index contributed by atoms with van der Waals surface area (Å²) in [6, 6.07) is 7.96. The zero-order valence-electron chi connectivity index (χ0n) is 20.7. The van der Waals surface area contributed by atoms with Gasteiger partial charge >= 0.3 is 0 Å². The summed E-state index contributed by atoms with van der Waals surface area (Å²) in [5, 5.41) is 5.03. The highest BCUT2D eigenvalue weighted by atomic mass is 32.1. The zero-order chi connectivity index (χ0) is 24.6. The molecular weight excluding hydrogens is 448 g/mol. The van der Waals surface area contributed by atoms with Gasteiger partial charge in [-0.2, -0.15) is 0 Å². The van der Waals surface area contributed by atoms with Gasteiger partial charge in [0.1, 0.15) is 5.69 Å². The number of methoxy groups -OCH3 is 1. The van der Waals surface area contributed by atoms with Crippen LogP contribution in [0.1, 0.15) is 61.0 Å². The molecule has 3 heterocycles. The molecule has 4 rings (SSSR count). The van der Waals surface area contributed by atoms with Crippen LogP contribution in [0.15, 0.2) is 29.6 Å². The number of amides is 1. The Morgan fingerprint density at radius 1 is 1.26 bits per heavy atom. The van der Waals surface area contributed by atoms with Gasteiger partial charge in [0.25, 0.3) is 5.91 Å². The second kappa shape index (κ2) is 9.29. The fraction of sp³-hybridized carbons (Fsp3) is 0.407. The van der Waals surface area contributed by atoms with Gasteiger partial charge in [-0.3, -0.25) is 9.59 Å². The molecule has 0 fully saturated rings. The van der Waals surface area contributed by atoms with E-state index in [1.807, 2.05) is 48.1 Å². The Labute approximate surface area is 204 Å². The molecular formula is C27H32N2O4S. The Morgan fingerprint density at radius 3 is 2.62 bits per heavy atom. The number of aldehydes is 1. The molecule has 0 unspecified atom stereocenters. The van der Waals surface area contributed by atoms with Crippen molar-refractivity contribution in [2.75, 3.05) is 13.7 Å². The normalized spacial score (nSPS) is 12.8. The summed E-state index contributed by atoms with van der Waals surface area (Å²) in [5.74, 6) is 1.11. The summed E-state index contributed by atoms with van der Waals surface area (Å²) in [7, 11) is 1.64. The lowest BCUT2D eigenvalue weighted by atomic mass is 9.94. The molecule has 1 N–H and O–H groups in total. The maximum absolute atomic E-state index is 13.4. The predicted octanol–water partition coefficient (Wildman–Crippen LogP) is 5.82. The third-order valence-electron chi connectivity index (χ3n) is 5.79. The number of hydrogen-bond acceptors (Lipinski definition) is 5. The number of hydrogen-bond donors (Lipinski definition) is 1. The second-order valence-corrected chi connectivity index (χ2v) is 11.0. The molecule has 0 aliphatic carbocycles. The van der Waals surface area contributed by atoms with Crippen molar-refractivity contribution >= 4 is 23.5 Å². The number of nitrogens with one attached hydrogen (secondary N) is 1. The van der Waals surface area contributed by atoms with E-state index in [0.717, 1.165) is 40.0 Å². The Hall–Kier alpha value is -3.06. The van der Waals surface area contributed by atoms with Crippen molar-refractivity contribution in [3.63, 3.8) is 0 Å². The van der Waals surface area contributed by atoms with E-state index in [1.54, 1.807) is 18.4 Å². The van der Waals surface area contributed by atoms with Crippen molar-refractivity contribution in [3.8, 4) is 33.2 Å². The minimum absolute atomic E-state index is 0.0247. The Balaban J connectivity index is 1.96. The van der Waals surface area contributed by atoms with Crippen LogP contribution in [0.3, 0.4) is 0 Å². The lowest BCUT2D eigenvalue weighted by Gasteiger charge is -2.25. The van der Waals surface area contributed by atoms with Crippen LogP contribution in [0.2, 0.25) is 0 Å². The molecule has 180 valence electrons. The molecule has 1 aliphatic rings. The van der Waals surface area contributed by atoms with E-state index < -0.39 is 0 Å². The van der Waals surface area contributed by atoms with Crippen molar-refractivity contribution < 1.29 is 19.1 Å². The van der Waals surface area contributed by atoms with Gasteiger partial charge in [-0.25, -0.2) is 0 Å². The first-order valence-corrected chi connectivity index (χ1v) is 12.4. The molecule has 6 nitrogen and oxygen atoms in total. The lowest BCUT2D eigenvalue weighted by molar-refractivity contribution is 0.0925. The number of rotatable bonds is 7. The molecule has 2 aromatic heterocycles. The number of fused-ring (bicyclic) bond motifs is 3. The molecule has 3 aromatic rings. The van der Waals surface area contributed by atoms with Crippen LogP contribution in [0.25, 0.3) is 21.7 Å². The van der Waals surface area contributed by atoms with Crippen LogP contribution >= 0.6 is 11.3 Å². The summed E-state index contributed by atoms with van der Waals surface area (Å²) in [6.07, 6.45) is 1.52. The molecule has 1 aliphatic heterocycles. The zero-order valence-corrected chi connectivity index (χ0v) is 21.5. The monoisotopic (exact) mass is 480 g/mol. The lowest BCUT2D eigenvalue weighted by Crippen LogP contribution is -2.34. The first-order valence-electron chi connectivity index (χ1n) is 11.6. The average molecular weight is 481 g/mol. The standard InChI is InChI=1S/C27H32N2O4S/c1-16(2)33-21-13-18-17(12-20(21)32-6)9-10-29-24(18)23(22-8-7-11-34-22)19(14-30)25(29)26(31)28-15-27(3,4)5/h7-8,11-14,16H,9-10,15H2,1-6H3,(H,28,31). The Kier molecular flexibility index (Phi) is 6.58. The largest absolute Gasteiger partial charge is 0.493 e. The number of thiophene rings is 1. The third kappa shape index (κ3) is 4.49. The Bertz CT molecular complexity index is 1220. The maximum atomic E-state index is 13.4. The average Bonchev–Trinajstić information content (AvgIpc) is 3.41. The van der Waals surface area contributed by atoms with Crippen molar-refractivity contribution in [1.29, 1.82) is 0 Å². The van der Waals surface area contributed by atoms with E-state index in [9.17, 15) is 9.59 Å². The van der Waals surface area contributed by atoms with E-state index >= 15 is 0 Å². The van der Waals surface area contributed by atoms with Crippen LogP contribution in [0.5, 0.6) is 11.5 Å². The van der Waals surface area contributed by atoms with Crippen molar-refractivity contribution in [2.24, 2.45) is 5.41 Å². The van der Waals surface area contributed by atoms with Gasteiger partial charge in [0.15, 0.2) is 17.8 Å². The van der Waals surface area contributed by atoms with Gasteiger partial charge in [-0.15, -0.1) is 11.3 Å². The van der Waals surface area contributed by atoms with Gasteiger partial charge in [0, 0.05) is 29.1 Å². The van der Waals surface area contributed by atoms with Crippen molar-refractivity contribution in [3.05, 3.63) is 46.5 Å². The van der Waals surface area contributed by atoms with E-state index in [4.69, 9.17) is 9.47 Å². The number of benzene rings is 1. The minimum Gasteiger partial charge on any atom is -0.493 e. The highest BCUT2D eigenvalue weighted by Crippen LogP contribution is 2.47. The highest BCUT2D eigenvalue weighted by molar-refractivity contribution is 7.13. The van der Waals surface area contributed by atoms with Gasteiger partial charge in [-0.1, -0.05) is 26.8 Å².